The predicted octanol–water partition coefficient (Wildman–Crippen LogP) is 5.30. The topological polar surface area (TPSA) is 12.0 Å². The molecule has 20 heavy (non-hydrogen) atoms. The predicted molar refractivity (Wildman–Crippen MR) is 83.8 cm³/mol. The van der Waals surface area contributed by atoms with Crippen LogP contribution in [0.5, 0.6) is 0 Å². The molecule has 0 bridgehead atoms. The van der Waals surface area contributed by atoms with E-state index in [1.807, 2.05) is 18.2 Å². The van der Waals surface area contributed by atoms with Gasteiger partial charge in [-0.3, -0.25) is 0 Å². The zero-order chi connectivity index (χ0) is 14.7. The van der Waals surface area contributed by atoms with Crippen LogP contribution in [0.25, 0.3) is 11.1 Å². The molecule has 0 amide bonds. The maximum absolute atomic E-state index is 13.9. The Bertz CT molecular complexity index is 611. The Hall–Kier alpha value is -1.09. The van der Waals surface area contributed by atoms with E-state index in [-0.39, 0.29) is 5.82 Å². The van der Waals surface area contributed by atoms with Gasteiger partial charge in [-0.25, -0.2) is 4.39 Å². The van der Waals surface area contributed by atoms with Crippen LogP contribution >= 0.6 is 23.2 Å². The fourth-order valence-corrected chi connectivity index (χ4v) is 2.38. The van der Waals surface area contributed by atoms with Crippen molar-refractivity contribution in [1.29, 1.82) is 0 Å². The molecule has 1 nitrogen and oxygen atoms in total. The molecule has 0 fully saturated rings. The summed E-state index contributed by atoms with van der Waals surface area (Å²) in [5.41, 5.74) is 2.21. The van der Waals surface area contributed by atoms with Gasteiger partial charge in [-0.2, -0.15) is 0 Å². The van der Waals surface area contributed by atoms with E-state index in [4.69, 9.17) is 23.2 Å². The van der Waals surface area contributed by atoms with Crippen molar-refractivity contribution in [3.8, 4) is 11.1 Å². The number of nitrogens with one attached hydrogen (secondary N) is 1. The number of hydrogen-bond donors (Lipinski definition) is 1. The highest BCUT2D eigenvalue weighted by Gasteiger charge is 2.10. The van der Waals surface area contributed by atoms with Crippen molar-refractivity contribution in [1.82, 2.24) is 5.32 Å². The van der Waals surface area contributed by atoms with Crippen LogP contribution in [-0.2, 0) is 6.54 Å². The van der Waals surface area contributed by atoms with Crippen LogP contribution in [0.4, 0.5) is 4.39 Å². The van der Waals surface area contributed by atoms with Crippen molar-refractivity contribution in [2.45, 2.75) is 26.4 Å². The zero-order valence-electron chi connectivity index (χ0n) is 11.4. The smallest absolute Gasteiger partial charge is 0.132 e. The lowest BCUT2D eigenvalue weighted by Gasteiger charge is -2.11. The molecular weight excluding hydrogens is 296 g/mol. The monoisotopic (exact) mass is 311 g/mol. The minimum Gasteiger partial charge on any atom is -0.310 e. The number of benzene rings is 2. The average Bonchev–Trinajstić information content (AvgIpc) is 2.37. The van der Waals surface area contributed by atoms with Crippen LogP contribution in [0.15, 0.2) is 36.4 Å². The molecule has 0 aromatic heterocycles. The lowest BCUT2D eigenvalue weighted by atomic mass is 10.0. The first-order valence-corrected chi connectivity index (χ1v) is 7.20. The van der Waals surface area contributed by atoms with Gasteiger partial charge in [-0.1, -0.05) is 49.2 Å². The molecule has 4 heteroatoms. The maximum atomic E-state index is 13.9. The van der Waals surface area contributed by atoms with Crippen molar-refractivity contribution in [2.75, 3.05) is 0 Å². The zero-order valence-corrected chi connectivity index (χ0v) is 12.9. The normalized spacial score (nSPS) is 11.1. The number of hydrogen-bond acceptors (Lipinski definition) is 1. The molecule has 0 aliphatic carbocycles. The number of rotatable bonds is 4. The Morgan fingerprint density at radius 1 is 1.05 bits per heavy atom. The summed E-state index contributed by atoms with van der Waals surface area (Å²) in [5.74, 6) is -0.368. The molecule has 0 radical (unpaired) electrons. The summed E-state index contributed by atoms with van der Waals surface area (Å²) in [6, 6.07) is 10.6. The van der Waals surface area contributed by atoms with Crippen molar-refractivity contribution < 1.29 is 4.39 Å². The van der Waals surface area contributed by atoms with Gasteiger partial charge in [0.2, 0.25) is 0 Å². The fourth-order valence-electron chi connectivity index (χ4n) is 1.92. The second kappa shape index (κ2) is 6.57. The van der Waals surface area contributed by atoms with Gasteiger partial charge in [0, 0.05) is 33.8 Å². The van der Waals surface area contributed by atoms with Gasteiger partial charge in [0.1, 0.15) is 5.82 Å². The highest BCUT2D eigenvalue weighted by molar-refractivity contribution is 6.33. The standard InChI is InChI=1S/C16H16Cl2FN/c1-10(2)20-9-11-3-5-13(15(18)7-11)14-6-4-12(17)8-16(14)19/h3-8,10,20H,9H2,1-2H3. The first kappa shape index (κ1) is 15.3. The highest BCUT2D eigenvalue weighted by atomic mass is 35.5. The first-order valence-electron chi connectivity index (χ1n) is 6.44. The Kier molecular flexibility index (Phi) is 5.03. The summed E-state index contributed by atoms with van der Waals surface area (Å²) in [7, 11) is 0. The Balaban J connectivity index is 2.29. The second-order valence-corrected chi connectivity index (χ2v) is 5.82. The van der Waals surface area contributed by atoms with E-state index in [1.165, 1.54) is 6.07 Å². The molecule has 0 aliphatic rings. The lowest BCUT2D eigenvalue weighted by molar-refractivity contribution is 0.589. The van der Waals surface area contributed by atoms with Gasteiger partial charge in [0.05, 0.1) is 0 Å². The molecular formula is C16H16Cl2FN. The molecule has 0 atom stereocenters. The van der Waals surface area contributed by atoms with Gasteiger partial charge in [0.25, 0.3) is 0 Å². The largest absolute Gasteiger partial charge is 0.310 e. The fraction of sp³-hybridized carbons (Fsp3) is 0.250. The quantitative estimate of drug-likeness (QED) is 0.808. The van der Waals surface area contributed by atoms with E-state index in [9.17, 15) is 4.39 Å². The van der Waals surface area contributed by atoms with Gasteiger partial charge in [-0.15, -0.1) is 0 Å². The highest BCUT2D eigenvalue weighted by Crippen LogP contribution is 2.31. The van der Waals surface area contributed by atoms with Crippen molar-refractivity contribution >= 4 is 23.2 Å². The second-order valence-electron chi connectivity index (χ2n) is 4.97. The van der Waals surface area contributed by atoms with Gasteiger partial charge in [0.15, 0.2) is 0 Å². The van der Waals surface area contributed by atoms with E-state index < -0.39 is 0 Å². The third-order valence-corrected chi connectivity index (χ3v) is 3.52. The van der Waals surface area contributed by atoms with Gasteiger partial charge in [-0.05, 0) is 29.8 Å². The number of halogens is 3. The molecule has 1 N–H and O–H groups in total. The van der Waals surface area contributed by atoms with E-state index in [0.29, 0.717) is 27.2 Å². The molecule has 2 rings (SSSR count). The van der Waals surface area contributed by atoms with Crippen molar-refractivity contribution in [3.63, 3.8) is 0 Å². The Morgan fingerprint density at radius 2 is 1.75 bits per heavy atom. The summed E-state index contributed by atoms with van der Waals surface area (Å²) in [4.78, 5) is 0. The van der Waals surface area contributed by atoms with Crippen LogP contribution in [0, 0.1) is 5.82 Å². The summed E-state index contributed by atoms with van der Waals surface area (Å²) < 4.78 is 13.9. The van der Waals surface area contributed by atoms with E-state index in [2.05, 4.69) is 19.2 Å². The Morgan fingerprint density at radius 3 is 2.35 bits per heavy atom. The van der Waals surface area contributed by atoms with Gasteiger partial charge < -0.3 is 5.32 Å². The molecule has 0 unspecified atom stereocenters. The van der Waals surface area contributed by atoms with E-state index in [0.717, 1.165) is 12.1 Å². The van der Waals surface area contributed by atoms with E-state index in [1.54, 1.807) is 12.1 Å². The first-order chi connectivity index (χ1) is 9.47. The summed E-state index contributed by atoms with van der Waals surface area (Å²) in [6.45, 7) is 4.90. The summed E-state index contributed by atoms with van der Waals surface area (Å²) in [6.07, 6.45) is 0. The Labute approximate surface area is 128 Å². The third kappa shape index (κ3) is 3.72. The molecule has 0 saturated carbocycles. The molecule has 2 aromatic rings. The van der Waals surface area contributed by atoms with Crippen LogP contribution in [0.3, 0.4) is 0 Å². The molecule has 106 valence electrons. The summed E-state index contributed by atoms with van der Waals surface area (Å²) in [5, 5.41) is 4.23. The van der Waals surface area contributed by atoms with Crippen molar-refractivity contribution in [3.05, 3.63) is 57.8 Å². The van der Waals surface area contributed by atoms with Crippen LogP contribution in [-0.4, -0.2) is 6.04 Å². The molecule has 0 spiro atoms. The minimum atomic E-state index is -0.368. The van der Waals surface area contributed by atoms with Crippen LogP contribution in [0.2, 0.25) is 10.0 Å². The third-order valence-electron chi connectivity index (χ3n) is 2.97. The summed E-state index contributed by atoms with van der Waals surface area (Å²) >= 11 is 12.0. The molecule has 2 aromatic carbocycles. The van der Waals surface area contributed by atoms with Crippen molar-refractivity contribution in [2.24, 2.45) is 0 Å². The molecule has 0 heterocycles. The van der Waals surface area contributed by atoms with Crippen LogP contribution in [0.1, 0.15) is 19.4 Å². The SMILES string of the molecule is CC(C)NCc1ccc(-c2ccc(Cl)cc2F)c(Cl)c1. The van der Waals surface area contributed by atoms with Gasteiger partial charge >= 0.3 is 0 Å². The maximum Gasteiger partial charge on any atom is 0.132 e. The van der Waals surface area contributed by atoms with E-state index >= 15 is 0 Å². The lowest BCUT2D eigenvalue weighted by Crippen LogP contribution is -2.21. The minimum absolute atomic E-state index is 0.368. The molecule has 0 saturated heterocycles. The molecule has 0 aliphatic heterocycles. The average molecular weight is 312 g/mol. The van der Waals surface area contributed by atoms with Crippen LogP contribution < -0.4 is 5.32 Å².